The molecule has 0 aliphatic heterocycles. The van der Waals surface area contributed by atoms with Gasteiger partial charge in [0.15, 0.2) is 11.3 Å². The fraction of sp³-hybridized carbons (Fsp3) is 0.273. The quantitative estimate of drug-likeness (QED) is 0.856. The molecule has 4 heteroatoms. The van der Waals surface area contributed by atoms with Crippen molar-refractivity contribution in [1.82, 2.24) is 0 Å². The molecular formula is C11H11ClFNO. The number of halogens is 2. The van der Waals surface area contributed by atoms with Gasteiger partial charge in [0.1, 0.15) is 5.76 Å². The van der Waals surface area contributed by atoms with Crippen LogP contribution < -0.4 is 5.73 Å². The van der Waals surface area contributed by atoms with E-state index in [2.05, 4.69) is 0 Å². The van der Waals surface area contributed by atoms with E-state index in [0.29, 0.717) is 10.6 Å². The summed E-state index contributed by atoms with van der Waals surface area (Å²) in [5.41, 5.74) is 4.19. The van der Waals surface area contributed by atoms with Crippen LogP contribution in [0.4, 0.5) is 4.39 Å². The Balaban J connectivity index is 2.62. The van der Waals surface area contributed by atoms with Gasteiger partial charge in [0.2, 0.25) is 0 Å². The van der Waals surface area contributed by atoms with Gasteiger partial charge in [-0.05, 0) is 19.1 Å². The van der Waals surface area contributed by atoms with Gasteiger partial charge in [0.25, 0.3) is 0 Å². The van der Waals surface area contributed by atoms with Gasteiger partial charge in [-0.25, -0.2) is 4.39 Å². The molecule has 0 saturated carbocycles. The van der Waals surface area contributed by atoms with E-state index in [1.807, 2.05) is 6.07 Å². The first kappa shape index (κ1) is 10.5. The van der Waals surface area contributed by atoms with E-state index in [1.165, 1.54) is 6.92 Å². The minimum Gasteiger partial charge on any atom is -0.456 e. The first-order valence-corrected chi connectivity index (χ1v) is 5.00. The van der Waals surface area contributed by atoms with Crippen LogP contribution in [0, 0.1) is 0 Å². The zero-order valence-electron chi connectivity index (χ0n) is 8.26. The van der Waals surface area contributed by atoms with E-state index >= 15 is 0 Å². The number of hydrogen-bond acceptors (Lipinski definition) is 2. The van der Waals surface area contributed by atoms with Gasteiger partial charge in [-0.1, -0.05) is 23.7 Å². The highest BCUT2D eigenvalue weighted by Crippen LogP contribution is 2.33. The summed E-state index contributed by atoms with van der Waals surface area (Å²) in [5.74, 6) is 0.216. The van der Waals surface area contributed by atoms with E-state index in [9.17, 15) is 4.39 Å². The van der Waals surface area contributed by atoms with Crippen molar-refractivity contribution >= 4 is 22.6 Å². The number of hydrogen-bond donors (Lipinski definition) is 1. The van der Waals surface area contributed by atoms with Crippen molar-refractivity contribution < 1.29 is 8.81 Å². The van der Waals surface area contributed by atoms with Gasteiger partial charge in [0, 0.05) is 11.9 Å². The summed E-state index contributed by atoms with van der Waals surface area (Å²) >= 11 is 5.92. The normalized spacial score (nSPS) is 15.5. The molecule has 0 aliphatic rings. The predicted molar refractivity (Wildman–Crippen MR) is 58.7 cm³/mol. The maximum Gasteiger partial charge on any atom is 0.177 e. The van der Waals surface area contributed by atoms with Crippen molar-refractivity contribution in [2.45, 2.75) is 12.6 Å². The van der Waals surface area contributed by atoms with Gasteiger partial charge >= 0.3 is 0 Å². The maximum absolute atomic E-state index is 13.9. The van der Waals surface area contributed by atoms with Crippen LogP contribution in [-0.4, -0.2) is 6.54 Å². The van der Waals surface area contributed by atoms with Gasteiger partial charge in [-0.2, -0.15) is 0 Å². The molecule has 1 atom stereocenters. The third-order valence-corrected chi connectivity index (χ3v) is 2.69. The van der Waals surface area contributed by atoms with E-state index in [0.717, 1.165) is 5.39 Å². The number of alkyl halides is 1. The lowest BCUT2D eigenvalue weighted by molar-refractivity contribution is 0.167. The van der Waals surface area contributed by atoms with E-state index < -0.39 is 5.67 Å². The molecular weight excluding hydrogens is 217 g/mol. The molecule has 2 N–H and O–H groups in total. The van der Waals surface area contributed by atoms with Crippen molar-refractivity contribution in [2.75, 3.05) is 6.54 Å². The smallest absolute Gasteiger partial charge is 0.177 e. The molecule has 2 nitrogen and oxygen atoms in total. The predicted octanol–water partition coefficient (Wildman–Crippen LogP) is 3.23. The minimum absolute atomic E-state index is 0.121. The van der Waals surface area contributed by atoms with Crippen molar-refractivity contribution in [3.63, 3.8) is 0 Å². The molecule has 0 radical (unpaired) electrons. The van der Waals surface area contributed by atoms with E-state index in [-0.39, 0.29) is 12.3 Å². The summed E-state index contributed by atoms with van der Waals surface area (Å²) < 4.78 is 19.2. The fourth-order valence-corrected chi connectivity index (χ4v) is 1.61. The molecule has 15 heavy (non-hydrogen) atoms. The summed E-state index contributed by atoms with van der Waals surface area (Å²) in [5, 5.41) is 1.27. The monoisotopic (exact) mass is 227 g/mol. The molecule has 0 amide bonds. The van der Waals surface area contributed by atoms with Crippen LogP contribution in [0.1, 0.15) is 12.7 Å². The van der Waals surface area contributed by atoms with Crippen LogP contribution in [0.15, 0.2) is 28.7 Å². The molecule has 0 aliphatic carbocycles. The average Bonchev–Trinajstić information content (AvgIpc) is 2.64. The second kappa shape index (κ2) is 3.51. The highest BCUT2D eigenvalue weighted by Gasteiger charge is 2.28. The highest BCUT2D eigenvalue weighted by atomic mass is 35.5. The van der Waals surface area contributed by atoms with Gasteiger partial charge in [0.05, 0.1) is 5.02 Å². The van der Waals surface area contributed by atoms with Crippen LogP contribution in [0.5, 0.6) is 0 Å². The summed E-state index contributed by atoms with van der Waals surface area (Å²) in [6.07, 6.45) is 0. The first-order valence-electron chi connectivity index (χ1n) is 4.62. The highest BCUT2D eigenvalue weighted by molar-refractivity contribution is 6.34. The minimum atomic E-state index is -1.65. The zero-order chi connectivity index (χ0) is 11.1. The molecule has 2 aromatic rings. The molecule has 1 aromatic heterocycles. The molecule has 0 saturated heterocycles. The third-order valence-electron chi connectivity index (χ3n) is 2.39. The second-order valence-electron chi connectivity index (χ2n) is 3.67. The van der Waals surface area contributed by atoms with Crippen LogP contribution in [0.25, 0.3) is 11.0 Å². The van der Waals surface area contributed by atoms with Crippen LogP contribution in [0.3, 0.4) is 0 Å². The van der Waals surface area contributed by atoms with E-state index in [1.54, 1.807) is 18.2 Å². The Bertz CT molecular complexity index is 492. The third kappa shape index (κ3) is 1.73. The van der Waals surface area contributed by atoms with Crippen molar-refractivity contribution in [1.29, 1.82) is 0 Å². The number of furan rings is 1. The first-order chi connectivity index (χ1) is 7.04. The Morgan fingerprint density at radius 3 is 2.87 bits per heavy atom. The summed E-state index contributed by atoms with van der Waals surface area (Å²) in [4.78, 5) is 0. The van der Waals surface area contributed by atoms with Gasteiger partial charge < -0.3 is 10.2 Å². The number of nitrogens with two attached hydrogens (primary N) is 1. The molecule has 0 fully saturated rings. The van der Waals surface area contributed by atoms with Crippen LogP contribution >= 0.6 is 11.6 Å². The summed E-state index contributed by atoms with van der Waals surface area (Å²) in [6.45, 7) is 1.27. The Morgan fingerprint density at radius 1 is 1.53 bits per heavy atom. The molecule has 1 heterocycles. The summed E-state index contributed by atoms with van der Waals surface area (Å²) in [7, 11) is 0. The zero-order valence-corrected chi connectivity index (χ0v) is 9.01. The number of fused-ring (bicyclic) bond motifs is 1. The molecule has 2 rings (SSSR count). The Hall–Kier alpha value is -1.06. The Kier molecular flexibility index (Phi) is 2.44. The molecule has 1 unspecified atom stereocenters. The lowest BCUT2D eigenvalue weighted by Crippen LogP contribution is -2.25. The van der Waals surface area contributed by atoms with Gasteiger partial charge in [-0.15, -0.1) is 0 Å². The van der Waals surface area contributed by atoms with Crippen LogP contribution in [-0.2, 0) is 5.67 Å². The van der Waals surface area contributed by atoms with Crippen molar-refractivity contribution in [3.8, 4) is 0 Å². The summed E-state index contributed by atoms with van der Waals surface area (Å²) in [6, 6.07) is 6.95. The number of benzene rings is 1. The second-order valence-corrected chi connectivity index (χ2v) is 4.08. The number of rotatable bonds is 2. The topological polar surface area (TPSA) is 39.2 Å². The standard InChI is InChI=1S/C11H11ClFNO/c1-11(13,6-14)9-5-7-3-2-4-8(12)10(7)15-9/h2-5H,6,14H2,1H3. The van der Waals surface area contributed by atoms with Gasteiger partial charge in [-0.3, -0.25) is 0 Å². The average molecular weight is 228 g/mol. The molecule has 0 bridgehead atoms. The SMILES string of the molecule is CC(F)(CN)c1cc2cccc(Cl)c2o1. The number of para-hydroxylation sites is 1. The molecule has 80 valence electrons. The van der Waals surface area contributed by atoms with E-state index in [4.69, 9.17) is 21.8 Å². The van der Waals surface area contributed by atoms with Crippen molar-refractivity contribution in [3.05, 3.63) is 35.0 Å². The Morgan fingerprint density at radius 2 is 2.27 bits per heavy atom. The van der Waals surface area contributed by atoms with Crippen LogP contribution in [0.2, 0.25) is 5.02 Å². The Labute approximate surface area is 91.8 Å². The van der Waals surface area contributed by atoms with Crippen molar-refractivity contribution in [2.24, 2.45) is 5.73 Å². The fourth-order valence-electron chi connectivity index (χ4n) is 1.38. The maximum atomic E-state index is 13.9. The molecule has 1 aromatic carbocycles. The largest absolute Gasteiger partial charge is 0.456 e. The molecule has 0 spiro atoms. The lowest BCUT2D eigenvalue weighted by Gasteiger charge is -2.13. The lowest BCUT2D eigenvalue weighted by atomic mass is 10.1.